The lowest BCUT2D eigenvalue weighted by Crippen LogP contribution is -2.34. The Hall–Kier alpha value is -1.40. The van der Waals surface area contributed by atoms with Crippen molar-refractivity contribution in [1.82, 2.24) is 9.64 Å². The van der Waals surface area contributed by atoms with Gasteiger partial charge in [0.05, 0.1) is 6.54 Å². The molecule has 0 aliphatic carbocycles. The van der Waals surface area contributed by atoms with Crippen molar-refractivity contribution in [3.63, 3.8) is 0 Å². The van der Waals surface area contributed by atoms with E-state index < -0.39 is 5.56 Å². The Morgan fingerprint density at radius 1 is 1.65 bits per heavy atom. The van der Waals surface area contributed by atoms with Crippen LogP contribution >= 0.6 is 0 Å². The lowest BCUT2D eigenvalue weighted by atomic mass is 10.1. The van der Waals surface area contributed by atoms with Gasteiger partial charge in [-0.2, -0.15) is 0 Å². The number of nitrogens with two attached hydrogens (primary N) is 1. The van der Waals surface area contributed by atoms with Crippen LogP contribution in [0.3, 0.4) is 0 Å². The molecule has 0 radical (unpaired) electrons. The van der Waals surface area contributed by atoms with Crippen LogP contribution in [0.2, 0.25) is 0 Å². The molecule has 0 aromatic carbocycles. The van der Waals surface area contributed by atoms with Crippen LogP contribution < -0.4 is 11.3 Å². The van der Waals surface area contributed by atoms with E-state index in [0.717, 1.165) is 24.3 Å². The van der Waals surface area contributed by atoms with Crippen LogP contribution in [-0.4, -0.2) is 41.7 Å². The number of likely N-dealkylation sites (tertiary alicyclic amines) is 1. The standard InChI is InChI=1S/C11H17N3O3/c1-8-4-10(15)14(17-8)11(16)7-13-3-2-9(5-12)6-13/h4,9H,2-3,5-7,12H2,1H3. The highest BCUT2D eigenvalue weighted by atomic mass is 16.5. The molecule has 0 saturated carbocycles. The SMILES string of the molecule is Cc1cc(=O)n(C(=O)CN2CCC(CN)C2)o1. The smallest absolute Gasteiger partial charge is 0.290 e. The fourth-order valence-corrected chi connectivity index (χ4v) is 2.13. The maximum atomic E-state index is 11.8. The molecule has 2 rings (SSSR count). The minimum Gasteiger partial charge on any atom is -0.373 e. The summed E-state index contributed by atoms with van der Waals surface area (Å²) < 4.78 is 5.87. The van der Waals surface area contributed by atoms with E-state index in [4.69, 9.17) is 10.3 Å². The maximum Gasteiger partial charge on any atom is 0.290 e. The average Bonchev–Trinajstić information content (AvgIpc) is 2.85. The fraction of sp³-hybridized carbons (Fsp3) is 0.636. The van der Waals surface area contributed by atoms with Crippen LogP contribution in [0.25, 0.3) is 0 Å². The molecule has 1 aliphatic rings. The van der Waals surface area contributed by atoms with Crippen LogP contribution in [0, 0.1) is 12.8 Å². The molecule has 1 aromatic heterocycles. The Kier molecular flexibility index (Phi) is 3.44. The lowest BCUT2D eigenvalue weighted by molar-refractivity contribution is 0.0727. The summed E-state index contributed by atoms with van der Waals surface area (Å²) in [5, 5.41) is 0. The number of rotatable bonds is 3. The first kappa shape index (κ1) is 12.1. The van der Waals surface area contributed by atoms with E-state index in [0.29, 0.717) is 18.2 Å². The van der Waals surface area contributed by atoms with Gasteiger partial charge in [0.25, 0.3) is 11.5 Å². The van der Waals surface area contributed by atoms with E-state index in [-0.39, 0.29) is 12.5 Å². The Labute approximate surface area is 98.9 Å². The molecule has 0 bridgehead atoms. The third-order valence-corrected chi connectivity index (χ3v) is 3.05. The van der Waals surface area contributed by atoms with E-state index in [1.807, 2.05) is 4.90 Å². The molecule has 1 aromatic rings. The second-order valence-corrected chi connectivity index (χ2v) is 4.50. The van der Waals surface area contributed by atoms with Gasteiger partial charge in [-0.15, -0.1) is 4.74 Å². The molecule has 17 heavy (non-hydrogen) atoms. The average molecular weight is 239 g/mol. The number of carbonyl (C=O) groups is 1. The molecular formula is C11H17N3O3. The molecule has 6 heteroatoms. The monoisotopic (exact) mass is 239 g/mol. The summed E-state index contributed by atoms with van der Waals surface area (Å²) in [4.78, 5) is 25.2. The first-order valence-electron chi connectivity index (χ1n) is 5.75. The summed E-state index contributed by atoms with van der Waals surface area (Å²) in [7, 11) is 0. The second kappa shape index (κ2) is 4.85. The van der Waals surface area contributed by atoms with Gasteiger partial charge < -0.3 is 10.3 Å². The maximum absolute atomic E-state index is 11.8. The third-order valence-electron chi connectivity index (χ3n) is 3.05. The predicted octanol–water partition coefficient (Wildman–Crippen LogP) is -0.329. The third kappa shape index (κ3) is 2.65. The minimum atomic E-state index is -0.401. The highest BCUT2D eigenvalue weighted by Crippen LogP contribution is 2.14. The molecule has 1 atom stereocenters. The molecule has 1 aliphatic heterocycles. The number of aryl methyl sites for hydroxylation is 1. The van der Waals surface area contributed by atoms with Crippen molar-refractivity contribution < 1.29 is 9.32 Å². The van der Waals surface area contributed by atoms with Crippen molar-refractivity contribution in [3.8, 4) is 0 Å². The van der Waals surface area contributed by atoms with E-state index in [9.17, 15) is 9.59 Å². The Bertz CT molecular complexity index is 463. The Morgan fingerprint density at radius 2 is 2.41 bits per heavy atom. The lowest BCUT2D eigenvalue weighted by Gasteiger charge is -2.13. The van der Waals surface area contributed by atoms with Gasteiger partial charge in [0.1, 0.15) is 5.76 Å². The molecule has 0 amide bonds. The predicted molar refractivity (Wildman–Crippen MR) is 61.9 cm³/mol. The van der Waals surface area contributed by atoms with Crippen LogP contribution in [0.15, 0.2) is 15.4 Å². The van der Waals surface area contributed by atoms with Gasteiger partial charge in [-0.3, -0.25) is 14.5 Å². The van der Waals surface area contributed by atoms with Gasteiger partial charge in [0, 0.05) is 12.6 Å². The molecule has 1 fully saturated rings. The van der Waals surface area contributed by atoms with Crippen molar-refractivity contribution >= 4 is 5.91 Å². The summed E-state index contributed by atoms with van der Waals surface area (Å²) in [5.41, 5.74) is 5.18. The topological polar surface area (TPSA) is 81.5 Å². The summed E-state index contributed by atoms with van der Waals surface area (Å²) in [6, 6.07) is 1.31. The summed E-state index contributed by atoms with van der Waals surface area (Å²) in [5.74, 6) is 0.586. The van der Waals surface area contributed by atoms with Crippen molar-refractivity contribution in [1.29, 1.82) is 0 Å². The van der Waals surface area contributed by atoms with Crippen molar-refractivity contribution in [3.05, 3.63) is 22.2 Å². The molecule has 2 heterocycles. The zero-order valence-electron chi connectivity index (χ0n) is 9.89. The molecule has 0 spiro atoms. The summed E-state index contributed by atoms with van der Waals surface area (Å²) in [6.07, 6.45) is 1.01. The molecule has 1 unspecified atom stereocenters. The largest absolute Gasteiger partial charge is 0.373 e. The van der Waals surface area contributed by atoms with E-state index in [2.05, 4.69) is 0 Å². The number of hydrogen-bond donors (Lipinski definition) is 1. The van der Waals surface area contributed by atoms with Gasteiger partial charge in [-0.25, -0.2) is 0 Å². The van der Waals surface area contributed by atoms with Gasteiger partial charge >= 0.3 is 0 Å². The first-order chi connectivity index (χ1) is 8.10. The van der Waals surface area contributed by atoms with E-state index >= 15 is 0 Å². The van der Waals surface area contributed by atoms with Crippen molar-refractivity contribution in [2.24, 2.45) is 11.7 Å². The highest BCUT2D eigenvalue weighted by molar-refractivity contribution is 5.79. The number of carbonyl (C=O) groups excluding carboxylic acids is 1. The molecule has 2 N–H and O–H groups in total. The second-order valence-electron chi connectivity index (χ2n) is 4.50. The van der Waals surface area contributed by atoms with Gasteiger partial charge in [0.2, 0.25) is 0 Å². The highest BCUT2D eigenvalue weighted by Gasteiger charge is 2.24. The van der Waals surface area contributed by atoms with Gasteiger partial charge in [-0.05, 0) is 32.4 Å². The Balaban J connectivity index is 1.98. The Morgan fingerprint density at radius 3 is 2.94 bits per heavy atom. The molecule has 1 saturated heterocycles. The fourth-order valence-electron chi connectivity index (χ4n) is 2.13. The van der Waals surface area contributed by atoms with Gasteiger partial charge in [-0.1, -0.05) is 0 Å². The van der Waals surface area contributed by atoms with Gasteiger partial charge in [0.15, 0.2) is 0 Å². The van der Waals surface area contributed by atoms with Crippen molar-refractivity contribution in [2.75, 3.05) is 26.2 Å². The van der Waals surface area contributed by atoms with Crippen LogP contribution in [-0.2, 0) is 0 Å². The first-order valence-corrected chi connectivity index (χ1v) is 5.75. The zero-order valence-corrected chi connectivity index (χ0v) is 9.89. The van der Waals surface area contributed by atoms with Crippen LogP contribution in [0.5, 0.6) is 0 Å². The number of nitrogens with zero attached hydrogens (tertiary/aromatic N) is 2. The number of aromatic nitrogens is 1. The van der Waals surface area contributed by atoms with Crippen LogP contribution in [0.1, 0.15) is 17.0 Å². The molecule has 6 nitrogen and oxygen atoms in total. The zero-order chi connectivity index (χ0) is 12.4. The van der Waals surface area contributed by atoms with Crippen LogP contribution in [0.4, 0.5) is 0 Å². The summed E-state index contributed by atoms with van der Waals surface area (Å²) >= 11 is 0. The quantitative estimate of drug-likeness (QED) is 0.781. The summed E-state index contributed by atoms with van der Waals surface area (Å²) in [6.45, 7) is 4.16. The van der Waals surface area contributed by atoms with Crippen molar-refractivity contribution in [2.45, 2.75) is 13.3 Å². The van der Waals surface area contributed by atoms with E-state index in [1.165, 1.54) is 6.07 Å². The normalized spacial score (nSPS) is 20.9. The number of hydrogen-bond acceptors (Lipinski definition) is 5. The minimum absolute atomic E-state index is 0.212. The van der Waals surface area contributed by atoms with E-state index in [1.54, 1.807) is 6.92 Å². The molecular weight excluding hydrogens is 222 g/mol. The molecule has 94 valence electrons.